The maximum atomic E-state index is 6.06. The Kier molecular flexibility index (Phi) is 6.67. The molecule has 2 aromatic carbocycles. The maximum absolute atomic E-state index is 6.06. The normalized spacial score (nSPS) is 27.3. The highest BCUT2D eigenvalue weighted by molar-refractivity contribution is 5.48. The van der Waals surface area contributed by atoms with Crippen molar-refractivity contribution in [3.63, 3.8) is 0 Å². The van der Waals surface area contributed by atoms with Crippen molar-refractivity contribution in [2.75, 3.05) is 25.5 Å². The molecule has 6 nitrogen and oxygen atoms in total. The number of nitrogens with one attached hydrogen (secondary N) is 1. The summed E-state index contributed by atoms with van der Waals surface area (Å²) in [7, 11) is 1.71. The van der Waals surface area contributed by atoms with E-state index in [0.29, 0.717) is 12.0 Å². The van der Waals surface area contributed by atoms with Crippen LogP contribution >= 0.6 is 0 Å². The lowest BCUT2D eigenvalue weighted by Crippen LogP contribution is -2.49. The number of methoxy groups -OCH3 is 1. The zero-order chi connectivity index (χ0) is 26.2. The van der Waals surface area contributed by atoms with Crippen LogP contribution in [0, 0.1) is 23.2 Å². The third-order valence-electron chi connectivity index (χ3n) is 9.75. The van der Waals surface area contributed by atoms with E-state index >= 15 is 0 Å². The number of benzene rings is 2. The van der Waals surface area contributed by atoms with E-state index in [1.807, 2.05) is 24.3 Å². The van der Waals surface area contributed by atoms with Crippen molar-refractivity contribution >= 4 is 5.82 Å². The van der Waals surface area contributed by atoms with Gasteiger partial charge >= 0.3 is 0 Å². The van der Waals surface area contributed by atoms with Gasteiger partial charge in [-0.2, -0.15) is 0 Å². The van der Waals surface area contributed by atoms with E-state index in [9.17, 15) is 0 Å². The molecular weight excluding hydrogens is 484 g/mol. The lowest BCUT2D eigenvalue weighted by atomic mass is 9.49. The number of anilines is 1. The highest BCUT2D eigenvalue weighted by Crippen LogP contribution is 2.60. The molecule has 0 radical (unpaired) electrons. The third-order valence-corrected chi connectivity index (χ3v) is 9.75. The second-order valence-corrected chi connectivity index (χ2v) is 12.6. The summed E-state index contributed by atoms with van der Waals surface area (Å²) in [6.07, 6.45) is 11.5. The van der Waals surface area contributed by atoms with Crippen LogP contribution in [0.5, 0.6) is 11.5 Å². The lowest BCUT2D eigenvalue weighted by molar-refractivity contribution is -0.0444. The van der Waals surface area contributed by atoms with Crippen LogP contribution in [0.25, 0.3) is 0 Å². The number of rotatable bonds is 9. The summed E-state index contributed by atoms with van der Waals surface area (Å²) in [5.41, 5.74) is 5.35. The summed E-state index contributed by atoms with van der Waals surface area (Å²) in [6, 6.07) is 16.5. The minimum Gasteiger partial charge on any atom is -0.493 e. The number of nitrogens with zero attached hydrogens (tertiary/aromatic N) is 3. The molecule has 1 N–H and O–H groups in total. The van der Waals surface area contributed by atoms with Crippen molar-refractivity contribution in [3.8, 4) is 11.5 Å². The number of ether oxygens (including phenoxy) is 2. The molecule has 204 valence electrons. The molecule has 2 heterocycles. The van der Waals surface area contributed by atoms with Gasteiger partial charge in [0.25, 0.3) is 0 Å². The number of aromatic nitrogens is 2. The Morgan fingerprint density at radius 3 is 2.44 bits per heavy atom. The van der Waals surface area contributed by atoms with Crippen molar-refractivity contribution in [2.45, 2.75) is 64.6 Å². The Labute approximate surface area is 232 Å². The highest BCUT2D eigenvalue weighted by atomic mass is 16.5. The average molecular weight is 525 g/mol. The van der Waals surface area contributed by atoms with Crippen molar-refractivity contribution in [1.82, 2.24) is 14.9 Å². The molecule has 6 heteroatoms. The Hall–Kier alpha value is -3.12. The molecule has 4 aliphatic carbocycles. The summed E-state index contributed by atoms with van der Waals surface area (Å²) >= 11 is 0. The Balaban J connectivity index is 0.985. The van der Waals surface area contributed by atoms with Crippen LogP contribution < -0.4 is 14.8 Å². The van der Waals surface area contributed by atoms with Gasteiger partial charge in [0, 0.05) is 31.7 Å². The molecule has 0 saturated heterocycles. The maximum Gasteiger partial charge on any atom is 0.161 e. The summed E-state index contributed by atoms with van der Waals surface area (Å²) in [6.45, 7) is 4.31. The fourth-order valence-electron chi connectivity index (χ4n) is 8.40. The standard InChI is InChI=1S/C33H40N4O2/c1-38-31-14-24(7-8-30(31)39-20-23-5-3-2-4-6-23)18-37-10-9-28-29(19-37)35-22-36-32(28)34-21-33-15-25-11-26(16-33)13-27(12-25)17-33/h2-8,14,22,25-27H,9-13,15-21H2,1H3,(H,34,35,36). The highest BCUT2D eigenvalue weighted by Gasteiger charge is 2.50. The van der Waals surface area contributed by atoms with E-state index in [4.69, 9.17) is 19.4 Å². The average Bonchev–Trinajstić information content (AvgIpc) is 2.95. The van der Waals surface area contributed by atoms with Crippen molar-refractivity contribution in [3.05, 3.63) is 77.2 Å². The van der Waals surface area contributed by atoms with Crippen molar-refractivity contribution < 1.29 is 9.47 Å². The van der Waals surface area contributed by atoms with Crippen molar-refractivity contribution in [1.29, 1.82) is 0 Å². The van der Waals surface area contributed by atoms with Gasteiger partial charge < -0.3 is 14.8 Å². The number of fused-ring (bicyclic) bond motifs is 1. The van der Waals surface area contributed by atoms with Gasteiger partial charge in [0.2, 0.25) is 0 Å². The Bertz CT molecular complexity index is 1280. The van der Waals surface area contributed by atoms with E-state index in [2.05, 4.69) is 34.5 Å². The molecule has 0 atom stereocenters. The van der Waals surface area contributed by atoms with E-state index in [0.717, 1.165) is 73.2 Å². The van der Waals surface area contributed by atoms with E-state index < -0.39 is 0 Å². The summed E-state index contributed by atoms with van der Waals surface area (Å²) in [4.78, 5) is 11.9. The van der Waals surface area contributed by atoms with Gasteiger partial charge in [-0.3, -0.25) is 4.90 Å². The second kappa shape index (κ2) is 10.5. The third kappa shape index (κ3) is 5.23. The fourth-order valence-corrected chi connectivity index (χ4v) is 8.40. The van der Waals surface area contributed by atoms with E-state index in [1.165, 1.54) is 55.3 Å². The molecule has 0 amide bonds. The molecule has 4 fully saturated rings. The molecule has 3 aromatic rings. The summed E-state index contributed by atoms with van der Waals surface area (Å²) in [5, 5.41) is 3.84. The monoisotopic (exact) mass is 524 g/mol. The van der Waals surface area contributed by atoms with Crippen LogP contribution in [0.3, 0.4) is 0 Å². The number of hydrogen-bond donors (Lipinski definition) is 1. The van der Waals surface area contributed by atoms with Gasteiger partial charge in [0.15, 0.2) is 11.5 Å². The van der Waals surface area contributed by atoms with Crippen molar-refractivity contribution in [2.24, 2.45) is 23.2 Å². The first kappa shape index (κ1) is 24.9. The van der Waals surface area contributed by atoms with Crippen LogP contribution in [0.2, 0.25) is 0 Å². The van der Waals surface area contributed by atoms with Gasteiger partial charge in [0.1, 0.15) is 18.8 Å². The summed E-state index contributed by atoms with van der Waals surface area (Å²) < 4.78 is 11.7. The van der Waals surface area contributed by atoms with Crippen LogP contribution in [0.15, 0.2) is 54.9 Å². The molecular formula is C33H40N4O2. The van der Waals surface area contributed by atoms with Crippen LogP contribution in [0.4, 0.5) is 5.82 Å². The van der Waals surface area contributed by atoms with Gasteiger partial charge in [0.05, 0.1) is 12.8 Å². The number of hydrogen-bond acceptors (Lipinski definition) is 6. The SMILES string of the molecule is COc1cc(CN2CCc3c(ncnc3NCC34CC5CC(CC(C5)C3)C4)C2)ccc1OCc1ccccc1. The predicted molar refractivity (Wildman–Crippen MR) is 153 cm³/mol. The first-order chi connectivity index (χ1) is 19.1. The van der Waals surface area contributed by atoms with Crippen LogP contribution in [-0.2, 0) is 26.1 Å². The lowest BCUT2D eigenvalue weighted by Gasteiger charge is -2.57. The quantitative estimate of drug-likeness (QED) is 0.357. The molecule has 0 unspecified atom stereocenters. The van der Waals surface area contributed by atoms with Gasteiger partial charge in [-0.15, -0.1) is 0 Å². The molecule has 8 rings (SSSR count). The van der Waals surface area contributed by atoms with Gasteiger partial charge in [-0.05, 0) is 91.4 Å². The molecule has 1 aliphatic heterocycles. The first-order valence-electron chi connectivity index (χ1n) is 14.8. The summed E-state index contributed by atoms with van der Waals surface area (Å²) in [5.74, 6) is 5.57. The van der Waals surface area contributed by atoms with E-state index in [-0.39, 0.29) is 0 Å². The van der Waals surface area contributed by atoms with Crippen LogP contribution in [0.1, 0.15) is 60.9 Å². The minimum atomic E-state index is 0.503. The molecule has 39 heavy (non-hydrogen) atoms. The topological polar surface area (TPSA) is 59.5 Å². The fraction of sp³-hybridized carbons (Fsp3) is 0.515. The predicted octanol–water partition coefficient (Wildman–Crippen LogP) is 6.25. The molecule has 0 spiro atoms. The Morgan fingerprint density at radius 1 is 0.923 bits per heavy atom. The molecule has 1 aromatic heterocycles. The molecule has 4 saturated carbocycles. The van der Waals surface area contributed by atoms with Crippen LogP contribution in [-0.4, -0.2) is 35.1 Å². The molecule has 5 aliphatic rings. The van der Waals surface area contributed by atoms with Gasteiger partial charge in [-0.25, -0.2) is 9.97 Å². The minimum absolute atomic E-state index is 0.503. The zero-order valence-corrected chi connectivity index (χ0v) is 23.1. The Morgan fingerprint density at radius 2 is 1.69 bits per heavy atom. The van der Waals surface area contributed by atoms with Gasteiger partial charge in [-0.1, -0.05) is 36.4 Å². The molecule has 4 bridgehead atoms. The smallest absolute Gasteiger partial charge is 0.161 e. The van der Waals surface area contributed by atoms with E-state index in [1.54, 1.807) is 13.4 Å². The zero-order valence-electron chi connectivity index (χ0n) is 23.1. The second-order valence-electron chi connectivity index (χ2n) is 12.6. The largest absolute Gasteiger partial charge is 0.493 e. The first-order valence-corrected chi connectivity index (χ1v) is 14.8.